The minimum absolute atomic E-state index is 0.141. The van der Waals surface area contributed by atoms with Crippen LogP contribution in [0.1, 0.15) is 25.3 Å². The van der Waals surface area contributed by atoms with Gasteiger partial charge in [-0.15, -0.1) is 0 Å². The van der Waals surface area contributed by atoms with Crippen LogP contribution < -0.4 is 5.32 Å². The van der Waals surface area contributed by atoms with Gasteiger partial charge in [-0.2, -0.15) is 0 Å². The highest BCUT2D eigenvalue weighted by Gasteiger charge is 2.15. The lowest BCUT2D eigenvalue weighted by molar-refractivity contribution is -0.384. The van der Waals surface area contributed by atoms with Crippen LogP contribution in [0.2, 0.25) is 0 Å². The number of nitro groups is 1. The summed E-state index contributed by atoms with van der Waals surface area (Å²) in [6.07, 6.45) is 6.42. The van der Waals surface area contributed by atoms with E-state index in [0.29, 0.717) is 6.04 Å². The van der Waals surface area contributed by atoms with Gasteiger partial charge in [0.25, 0.3) is 5.69 Å². The standard InChI is InChI=1S/C14H18N2O2/c1-11-7-8-15-13(9-11)6-5-12-3-2-4-14(10-12)16(17)18/h2-6,10-11,13,15H,7-9H2,1H3/b6-5+. The lowest BCUT2D eigenvalue weighted by Crippen LogP contribution is -2.35. The molecular formula is C14H18N2O2. The zero-order valence-corrected chi connectivity index (χ0v) is 10.5. The Morgan fingerprint density at radius 2 is 2.33 bits per heavy atom. The number of benzene rings is 1. The largest absolute Gasteiger partial charge is 0.310 e. The molecule has 0 spiro atoms. The smallest absolute Gasteiger partial charge is 0.270 e. The SMILES string of the molecule is CC1CCNC(/C=C/c2cccc([N+](=O)[O-])c2)C1. The van der Waals surface area contributed by atoms with Crippen LogP contribution >= 0.6 is 0 Å². The van der Waals surface area contributed by atoms with E-state index in [1.54, 1.807) is 12.1 Å². The molecule has 0 aliphatic carbocycles. The molecule has 1 aliphatic heterocycles. The first-order valence-corrected chi connectivity index (χ1v) is 6.31. The number of nitrogens with zero attached hydrogens (tertiary/aromatic N) is 1. The molecule has 1 saturated heterocycles. The normalized spacial score (nSPS) is 24.3. The molecule has 1 heterocycles. The van der Waals surface area contributed by atoms with Crippen molar-refractivity contribution in [1.82, 2.24) is 5.32 Å². The van der Waals surface area contributed by atoms with E-state index in [0.717, 1.165) is 24.4 Å². The van der Waals surface area contributed by atoms with E-state index >= 15 is 0 Å². The van der Waals surface area contributed by atoms with Crippen LogP contribution in [-0.2, 0) is 0 Å². The summed E-state index contributed by atoms with van der Waals surface area (Å²) in [4.78, 5) is 10.3. The summed E-state index contributed by atoms with van der Waals surface area (Å²) < 4.78 is 0. The van der Waals surface area contributed by atoms with Gasteiger partial charge >= 0.3 is 0 Å². The predicted octanol–water partition coefficient (Wildman–Crippen LogP) is 3.00. The monoisotopic (exact) mass is 246 g/mol. The fourth-order valence-electron chi connectivity index (χ4n) is 2.27. The van der Waals surface area contributed by atoms with E-state index < -0.39 is 0 Å². The molecule has 18 heavy (non-hydrogen) atoms. The predicted molar refractivity (Wildman–Crippen MR) is 72.3 cm³/mol. The summed E-state index contributed by atoms with van der Waals surface area (Å²) in [6.45, 7) is 3.31. The molecule has 1 N–H and O–H groups in total. The van der Waals surface area contributed by atoms with Gasteiger partial charge in [0.05, 0.1) is 4.92 Å². The summed E-state index contributed by atoms with van der Waals surface area (Å²) in [6, 6.07) is 7.10. The number of rotatable bonds is 3. The number of non-ortho nitro benzene ring substituents is 1. The molecule has 2 unspecified atom stereocenters. The number of nitro benzene ring substituents is 1. The van der Waals surface area contributed by atoms with Gasteiger partial charge < -0.3 is 5.32 Å². The number of nitrogens with one attached hydrogen (secondary N) is 1. The van der Waals surface area contributed by atoms with Crippen LogP contribution in [-0.4, -0.2) is 17.5 Å². The number of piperidine rings is 1. The van der Waals surface area contributed by atoms with Crippen LogP contribution in [0.15, 0.2) is 30.3 Å². The highest BCUT2D eigenvalue weighted by molar-refractivity contribution is 5.53. The van der Waals surface area contributed by atoms with Crippen molar-refractivity contribution < 1.29 is 4.92 Å². The van der Waals surface area contributed by atoms with Gasteiger partial charge in [-0.05, 0) is 30.9 Å². The van der Waals surface area contributed by atoms with Gasteiger partial charge in [-0.3, -0.25) is 10.1 Å². The zero-order valence-electron chi connectivity index (χ0n) is 10.5. The van der Waals surface area contributed by atoms with Crippen LogP contribution in [0.5, 0.6) is 0 Å². The molecule has 4 nitrogen and oxygen atoms in total. The molecule has 1 aromatic rings. The Morgan fingerprint density at radius 3 is 3.06 bits per heavy atom. The molecule has 0 saturated carbocycles. The van der Waals surface area contributed by atoms with Crippen LogP contribution in [0, 0.1) is 16.0 Å². The Bertz CT molecular complexity index is 457. The van der Waals surface area contributed by atoms with Crippen molar-refractivity contribution in [2.75, 3.05) is 6.54 Å². The molecule has 0 aromatic heterocycles. The molecule has 0 bridgehead atoms. The van der Waals surface area contributed by atoms with E-state index in [4.69, 9.17) is 0 Å². The van der Waals surface area contributed by atoms with Gasteiger partial charge in [-0.25, -0.2) is 0 Å². The maximum Gasteiger partial charge on any atom is 0.270 e. The summed E-state index contributed by atoms with van der Waals surface area (Å²) in [5.74, 6) is 0.742. The third kappa shape index (κ3) is 3.40. The molecule has 2 atom stereocenters. The van der Waals surface area contributed by atoms with Crippen LogP contribution in [0.3, 0.4) is 0 Å². The second kappa shape index (κ2) is 5.78. The zero-order chi connectivity index (χ0) is 13.0. The second-order valence-corrected chi connectivity index (χ2v) is 4.90. The number of hydrogen-bond donors (Lipinski definition) is 1. The lowest BCUT2D eigenvalue weighted by Gasteiger charge is -2.25. The fourth-order valence-corrected chi connectivity index (χ4v) is 2.27. The topological polar surface area (TPSA) is 55.2 Å². The molecule has 1 fully saturated rings. The van der Waals surface area contributed by atoms with Crippen molar-refractivity contribution in [2.24, 2.45) is 5.92 Å². The molecule has 1 aliphatic rings. The molecule has 1 aromatic carbocycles. The quantitative estimate of drug-likeness (QED) is 0.659. The molecule has 0 amide bonds. The van der Waals surface area contributed by atoms with E-state index in [9.17, 15) is 10.1 Å². The maximum atomic E-state index is 10.7. The van der Waals surface area contributed by atoms with Crippen molar-refractivity contribution in [3.63, 3.8) is 0 Å². The van der Waals surface area contributed by atoms with Crippen LogP contribution in [0.25, 0.3) is 6.08 Å². The van der Waals surface area contributed by atoms with Gasteiger partial charge in [0.2, 0.25) is 0 Å². The summed E-state index contributed by atoms with van der Waals surface area (Å²) in [5.41, 5.74) is 1.02. The fraction of sp³-hybridized carbons (Fsp3) is 0.429. The van der Waals surface area contributed by atoms with Crippen molar-refractivity contribution in [3.8, 4) is 0 Å². The summed E-state index contributed by atoms with van der Waals surface area (Å²) in [7, 11) is 0. The van der Waals surface area contributed by atoms with E-state index in [-0.39, 0.29) is 10.6 Å². The van der Waals surface area contributed by atoms with Gasteiger partial charge in [-0.1, -0.05) is 31.2 Å². The molecule has 4 heteroatoms. The van der Waals surface area contributed by atoms with Crippen molar-refractivity contribution in [3.05, 3.63) is 46.0 Å². The minimum Gasteiger partial charge on any atom is -0.310 e. The van der Waals surface area contributed by atoms with Gasteiger partial charge in [0.1, 0.15) is 0 Å². The Labute approximate surface area is 107 Å². The summed E-state index contributed by atoms with van der Waals surface area (Å²) in [5, 5.41) is 14.1. The average molecular weight is 246 g/mol. The first kappa shape index (κ1) is 12.8. The third-order valence-electron chi connectivity index (χ3n) is 3.30. The molecule has 0 radical (unpaired) electrons. The Morgan fingerprint density at radius 1 is 1.50 bits per heavy atom. The lowest BCUT2D eigenvalue weighted by atomic mass is 9.94. The van der Waals surface area contributed by atoms with Gasteiger partial charge in [0.15, 0.2) is 0 Å². The van der Waals surface area contributed by atoms with E-state index in [2.05, 4.69) is 18.3 Å². The Kier molecular flexibility index (Phi) is 4.10. The van der Waals surface area contributed by atoms with Crippen LogP contribution in [0.4, 0.5) is 5.69 Å². The average Bonchev–Trinajstić information content (AvgIpc) is 2.37. The van der Waals surface area contributed by atoms with Gasteiger partial charge in [0, 0.05) is 18.2 Å². The minimum atomic E-state index is -0.363. The van der Waals surface area contributed by atoms with E-state index in [1.165, 1.54) is 12.5 Å². The Balaban J connectivity index is 2.04. The Hall–Kier alpha value is -1.68. The highest BCUT2D eigenvalue weighted by Crippen LogP contribution is 2.18. The second-order valence-electron chi connectivity index (χ2n) is 4.90. The van der Waals surface area contributed by atoms with E-state index in [1.807, 2.05) is 12.1 Å². The number of hydrogen-bond acceptors (Lipinski definition) is 3. The first-order valence-electron chi connectivity index (χ1n) is 6.31. The maximum absolute atomic E-state index is 10.7. The van der Waals surface area contributed by atoms with Crippen molar-refractivity contribution >= 4 is 11.8 Å². The molecular weight excluding hydrogens is 228 g/mol. The third-order valence-corrected chi connectivity index (χ3v) is 3.30. The molecule has 96 valence electrons. The highest BCUT2D eigenvalue weighted by atomic mass is 16.6. The van der Waals surface area contributed by atoms with Crippen molar-refractivity contribution in [1.29, 1.82) is 0 Å². The van der Waals surface area contributed by atoms with Crippen molar-refractivity contribution in [2.45, 2.75) is 25.8 Å². The first-order chi connectivity index (χ1) is 8.65. The summed E-state index contributed by atoms with van der Waals surface area (Å²) >= 11 is 0. The molecule has 2 rings (SSSR count).